The number of unbranched alkanes of at least 4 members (excludes halogenated alkanes) is 6. The first-order chi connectivity index (χ1) is 7.22. The van der Waals surface area contributed by atoms with Crippen molar-refractivity contribution in [2.75, 3.05) is 0 Å². The van der Waals surface area contributed by atoms with Crippen molar-refractivity contribution in [3.8, 4) is 0 Å². The Balaban J connectivity index is 3.19. The molecule has 1 N–H and O–H groups in total. The zero-order chi connectivity index (χ0) is 11.5. The second-order valence-corrected chi connectivity index (χ2v) is 4.57. The Kier molecular flexibility index (Phi) is 10.0. The van der Waals surface area contributed by atoms with Crippen LogP contribution >= 0.6 is 0 Å². The van der Waals surface area contributed by atoms with Gasteiger partial charge in [0.25, 0.3) is 0 Å². The minimum absolute atomic E-state index is 0.182. The lowest BCUT2D eigenvalue weighted by atomic mass is 9.98. The van der Waals surface area contributed by atoms with Gasteiger partial charge < -0.3 is 5.11 Å². The van der Waals surface area contributed by atoms with Gasteiger partial charge >= 0.3 is 0 Å². The van der Waals surface area contributed by atoms with Crippen molar-refractivity contribution >= 4 is 0 Å². The minimum atomic E-state index is -0.182. The van der Waals surface area contributed by atoms with Crippen LogP contribution in [0.5, 0.6) is 0 Å². The molecule has 2 atom stereocenters. The minimum Gasteiger partial charge on any atom is -0.393 e. The highest BCUT2D eigenvalue weighted by Crippen LogP contribution is 2.14. The molecule has 0 aromatic carbocycles. The maximum atomic E-state index is 9.69. The third-order valence-electron chi connectivity index (χ3n) is 3.08. The molecular weight excluding hydrogens is 184 g/mol. The average Bonchev–Trinajstić information content (AvgIpc) is 2.26. The first kappa shape index (κ1) is 14.7. The summed E-state index contributed by atoms with van der Waals surface area (Å²) in [7, 11) is 0. The van der Waals surface area contributed by atoms with Crippen LogP contribution in [-0.4, -0.2) is 11.2 Å². The van der Waals surface area contributed by atoms with E-state index < -0.39 is 0 Å². The Morgan fingerprint density at radius 1 is 1.07 bits per heavy atom. The van der Waals surface area contributed by atoms with Crippen LogP contribution in [0.15, 0.2) is 12.7 Å². The fraction of sp³-hybridized carbons (Fsp3) is 0.857. The molecule has 90 valence electrons. The summed E-state index contributed by atoms with van der Waals surface area (Å²) in [4.78, 5) is 0. The number of aliphatic hydroxyl groups is 1. The van der Waals surface area contributed by atoms with Crippen LogP contribution in [0.25, 0.3) is 0 Å². The summed E-state index contributed by atoms with van der Waals surface area (Å²) >= 11 is 0. The molecule has 0 aliphatic rings. The normalized spacial score (nSPS) is 14.9. The highest BCUT2D eigenvalue weighted by molar-refractivity contribution is 4.80. The van der Waals surface area contributed by atoms with Gasteiger partial charge in [-0.05, 0) is 12.3 Å². The van der Waals surface area contributed by atoms with Gasteiger partial charge in [0.05, 0.1) is 6.10 Å². The molecule has 1 heteroatoms. The van der Waals surface area contributed by atoms with Crippen molar-refractivity contribution in [2.45, 2.75) is 71.3 Å². The molecule has 0 rings (SSSR count). The van der Waals surface area contributed by atoms with Crippen LogP contribution < -0.4 is 0 Å². The topological polar surface area (TPSA) is 20.2 Å². The molecule has 1 nitrogen and oxygen atoms in total. The number of rotatable bonds is 10. The van der Waals surface area contributed by atoms with Gasteiger partial charge in [0.1, 0.15) is 0 Å². The van der Waals surface area contributed by atoms with Gasteiger partial charge in [-0.15, -0.1) is 6.58 Å². The molecule has 0 aromatic heterocycles. The van der Waals surface area contributed by atoms with Gasteiger partial charge in [-0.2, -0.15) is 0 Å². The first-order valence-electron chi connectivity index (χ1n) is 6.53. The standard InChI is InChI=1S/C14H28O/c1-4-6-7-8-9-10-11-12-14(15)13(3)5-2/h5,13-15H,2,4,6-12H2,1,3H3. The van der Waals surface area contributed by atoms with Gasteiger partial charge in [-0.25, -0.2) is 0 Å². The molecule has 0 amide bonds. The second-order valence-electron chi connectivity index (χ2n) is 4.57. The number of hydrogen-bond acceptors (Lipinski definition) is 1. The molecule has 0 aliphatic carbocycles. The van der Waals surface area contributed by atoms with Crippen molar-refractivity contribution in [3.05, 3.63) is 12.7 Å². The second kappa shape index (κ2) is 10.2. The van der Waals surface area contributed by atoms with E-state index in [2.05, 4.69) is 13.5 Å². The summed E-state index contributed by atoms with van der Waals surface area (Å²) in [5.74, 6) is 0.241. The van der Waals surface area contributed by atoms with Crippen LogP contribution in [0, 0.1) is 5.92 Å². The summed E-state index contributed by atoms with van der Waals surface area (Å²) in [5, 5.41) is 9.69. The maximum absolute atomic E-state index is 9.69. The molecular formula is C14H28O. The zero-order valence-corrected chi connectivity index (χ0v) is 10.5. The van der Waals surface area contributed by atoms with Crippen LogP contribution in [0.3, 0.4) is 0 Å². The van der Waals surface area contributed by atoms with E-state index in [4.69, 9.17) is 0 Å². The largest absolute Gasteiger partial charge is 0.393 e. The average molecular weight is 212 g/mol. The van der Waals surface area contributed by atoms with Gasteiger partial charge in [0.2, 0.25) is 0 Å². The number of aliphatic hydroxyl groups excluding tert-OH is 1. The van der Waals surface area contributed by atoms with Gasteiger partial charge in [-0.3, -0.25) is 0 Å². The van der Waals surface area contributed by atoms with E-state index in [1.807, 2.05) is 13.0 Å². The van der Waals surface area contributed by atoms with Crippen molar-refractivity contribution in [1.29, 1.82) is 0 Å². The monoisotopic (exact) mass is 212 g/mol. The van der Waals surface area contributed by atoms with E-state index in [1.54, 1.807) is 0 Å². The quantitative estimate of drug-likeness (QED) is 0.422. The Bertz CT molecular complexity index is 142. The van der Waals surface area contributed by atoms with E-state index in [9.17, 15) is 5.11 Å². The fourth-order valence-corrected chi connectivity index (χ4v) is 1.73. The molecule has 0 radical (unpaired) electrons. The van der Waals surface area contributed by atoms with Gasteiger partial charge in [0, 0.05) is 0 Å². The Labute approximate surface area is 95.6 Å². The van der Waals surface area contributed by atoms with Crippen molar-refractivity contribution in [2.24, 2.45) is 5.92 Å². The fourth-order valence-electron chi connectivity index (χ4n) is 1.73. The van der Waals surface area contributed by atoms with Crippen molar-refractivity contribution in [3.63, 3.8) is 0 Å². The summed E-state index contributed by atoms with van der Waals surface area (Å²) in [6, 6.07) is 0. The summed E-state index contributed by atoms with van der Waals surface area (Å²) < 4.78 is 0. The molecule has 0 fully saturated rings. The summed E-state index contributed by atoms with van der Waals surface area (Å²) in [5.41, 5.74) is 0. The van der Waals surface area contributed by atoms with Crippen LogP contribution in [-0.2, 0) is 0 Å². The molecule has 0 aliphatic heterocycles. The SMILES string of the molecule is C=CC(C)C(O)CCCCCCCCC. The van der Waals surface area contributed by atoms with E-state index in [0.29, 0.717) is 0 Å². The summed E-state index contributed by atoms with van der Waals surface area (Å²) in [6.45, 7) is 7.97. The number of hydrogen-bond donors (Lipinski definition) is 1. The lowest BCUT2D eigenvalue weighted by Gasteiger charge is -2.14. The molecule has 0 heterocycles. The van der Waals surface area contributed by atoms with E-state index in [-0.39, 0.29) is 12.0 Å². The maximum Gasteiger partial charge on any atom is 0.0600 e. The Hall–Kier alpha value is -0.300. The first-order valence-corrected chi connectivity index (χ1v) is 6.53. The molecule has 15 heavy (non-hydrogen) atoms. The van der Waals surface area contributed by atoms with Crippen molar-refractivity contribution in [1.82, 2.24) is 0 Å². The third kappa shape index (κ3) is 8.68. The van der Waals surface area contributed by atoms with E-state index in [0.717, 1.165) is 12.8 Å². The lowest BCUT2D eigenvalue weighted by molar-refractivity contribution is 0.125. The predicted molar refractivity (Wildman–Crippen MR) is 68.0 cm³/mol. The van der Waals surface area contributed by atoms with Crippen LogP contribution in [0.2, 0.25) is 0 Å². The molecule has 0 spiro atoms. The molecule has 0 bridgehead atoms. The predicted octanol–water partition coefficient (Wildman–Crippen LogP) is 4.31. The third-order valence-corrected chi connectivity index (χ3v) is 3.08. The van der Waals surface area contributed by atoms with Crippen LogP contribution in [0.1, 0.15) is 65.2 Å². The van der Waals surface area contributed by atoms with Gasteiger partial charge in [0.15, 0.2) is 0 Å². The summed E-state index contributed by atoms with van der Waals surface area (Å²) in [6.07, 6.45) is 11.8. The van der Waals surface area contributed by atoms with E-state index in [1.165, 1.54) is 38.5 Å². The molecule has 0 aromatic rings. The molecule has 2 unspecified atom stereocenters. The van der Waals surface area contributed by atoms with E-state index >= 15 is 0 Å². The van der Waals surface area contributed by atoms with Crippen molar-refractivity contribution < 1.29 is 5.11 Å². The smallest absolute Gasteiger partial charge is 0.0600 e. The highest BCUT2D eigenvalue weighted by atomic mass is 16.3. The molecule has 0 saturated heterocycles. The lowest BCUT2D eigenvalue weighted by Crippen LogP contribution is -2.14. The molecule has 0 saturated carbocycles. The Morgan fingerprint density at radius 2 is 1.60 bits per heavy atom. The highest BCUT2D eigenvalue weighted by Gasteiger charge is 2.09. The van der Waals surface area contributed by atoms with Crippen LogP contribution in [0.4, 0.5) is 0 Å². The zero-order valence-electron chi connectivity index (χ0n) is 10.5. The Morgan fingerprint density at radius 3 is 2.13 bits per heavy atom. The van der Waals surface area contributed by atoms with Gasteiger partial charge in [-0.1, -0.05) is 64.9 Å².